The first-order valence-corrected chi connectivity index (χ1v) is 8.34. The van der Waals surface area contributed by atoms with E-state index in [-0.39, 0.29) is 11.7 Å². The van der Waals surface area contributed by atoms with Gasteiger partial charge < -0.3 is 14.6 Å². The minimum atomic E-state index is -0.254. The smallest absolute Gasteiger partial charge is 0.251 e. The molecular formula is C20H20FN3O2. The maximum Gasteiger partial charge on any atom is 0.251 e. The Morgan fingerprint density at radius 2 is 1.96 bits per heavy atom. The van der Waals surface area contributed by atoms with Gasteiger partial charge in [-0.15, -0.1) is 0 Å². The first kappa shape index (κ1) is 17.7. The van der Waals surface area contributed by atoms with Crippen LogP contribution in [0.15, 0.2) is 60.9 Å². The summed E-state index contributed by atoms with van der Waals surface area (Å²) in [5, 5.41) is 2.80. The average Bonchev–Trinajstić information content (AvgIpc) is 3.07. The molecule has 0 radical (unpaired) electrons. The molecule has 134 valence electrons. The van der Waals surface area contributed by atoms with Gasteiger partial charge in [0, 0.05) is 31.5 Å². The van der Waals surface area contributed by atoms with Crippen LogP contribution in [-0.4, -0.2) is 22.0 Å². The largest absolute Gasteiger partial charge is 0.486 e. The van der Waals surface area contributed by atoms with Crippen LogP contribution in [0.4, 0.5) is 4.39 Å². The lowest BCUT2D eigenvalue weighted by atomic mass is 10.1. The minimum absolute atomic E-state index is 0.197. The zero-order valence-corrected chi connectivity index (χ0v) is 14.5. The molecule has 1 amide bonds. The molecule has 0 saturated heterocycles. The highest BCUT2D eigenvalue weighted by Gasteiger charge is 2.07. The van der Waals surface area contributed by atoms with Gasteiger partial charge >= 0.3 is 0 Å². The molecule has 0 saturated carbocycles. The molecule has 0 atom stereocenters. The molecule has 1 heterocycles. The number of nitrogens with zero attached hydrogens (tertiary/aromatic N) is 2. The van der Waals surface area contributed by atoms with E-state index in [1.807, 2.05) is 17.8 Å². The van der Waals surface area contributed by atoms with Crippen LogP contribution in [0, 0.1) is 5.82 Å². The third-order valence-electron chi connectivity index (χ3n) is 4.04. The van der Waals surface area contributed by atoms with E-state index in [4.69, 9.17) is 4.74 Å². The van der Waals surface area contributed by atoms with Crippen LogP contribution in [0.3, 0.4) is 0 Å². The monoisotopic (exact) mass is 353 g/mol. The minimum Gasteiger partial charge on any atom is -0.486 e. The lowest BCUT2D eigenvalue weighted by Gasteiger charge is -2.08. The Morgan fingerprint density at radius 1 is 1.19 bits per heavy atom. The molecule has 5 nitrogen and oxygen atoms in total. The van der Waals surface area contributed by atoms with Crippen molar-refractivity contribution < 1.29 is 13.9 Å². The molecule has 0 unspecified atom stereocenters. The topological polar surface area (TPSA) is 56.2 Å². The van der Waals surface area contributed by atoms with E-state index in [0.717, 1.165) is 5.82 Å². The molecule has 0 bridgehead atoms. The summed E-state index contributed by atoms with van der Waals surface area (Å²) in [5.74, 6) is 1.03. The second-order valence-electron chi connectivity index (χ2n) is 5.86. The molecule has 26 heavy (non-hydrogen) atoms. The second kappa shape index (κ2) is 8.29. The Kier molecular flexibility index (Phi) is 5.63. The quantitative estimate of drug-likeness (QED) is 0.710. The van der Waals surface area contributed by atoms with Crippen molar-refractivity contribution in [1.82, 2.24) is 14.9 Å². The van der Waals surface area contributed by atoms with E-state index in [9.17, 15) is 9.18 Å². The number of nitrogens with one attached hydrogen (secondary N) is 1. The van der Waals surface area contributed by atoms with Gasteiger partial charge in [-0.2, -0.15) is 0 Å². The summed E-state index contributed by atoms with van der Waals surface area (Å²) in [6.45, 7) is 0.731. The van der Waals surface area contributed by atoms with Gasteiger partial charge in [0.1, 0.15) is 24.0 Å². The zero-order chi connectivity index (χ0) is 18.4. The van der Waals surface area contributed by atoms with E-state index in [1.54, 1.807) is 48.7 Å². The molecular weight excluding hydrogens is 333 g/mol. The number of hydrogen-bond donors (Lipinski definition) is 1. The predicted molar refractivity (Wildman–Crippen MR) is 96.4 cm³/mol. The fourth-order valence-corrected chi connectivity index (χ4v) is 2.50. The van der Waals surface area contributed by atoms with Crippen LogP contribution in [0.2, 0.25) is 0 Å². The summed E-state index contributed by atoms with van der Waals surface area (Å²) >= 11 is 0. The Labute approximate surface area is 151 Å². The molecule has 3 aromatic rings. The number of carbonyl (C=O) groups is 1. The van der Waals surface area contributed by atoms with Crippen LogP contribution in [-0.2, 0) is 20.1 Å². The van der Waals surface area contributed by atoms with Crippen LogP contribution >= 0.6 is 0 Å². The van der Waals surface area contributed by atoms with Crippen LogP contribution in [0.25, 0.3) is 0 Å². The summed E-state index contributed by atoms with van der Waals surface area (Å²) in [4.78, 5) is 16.4. The summed E-state index contributed by atoms with van der Waals surface area (Å²) in [7, 11) is 1.90. The SMILES string of the molecule is Cn1ccnc1COc1ccc(C(=O)NCCc2ccccc2F)cc1. The van der Waals surface area contributed by atoms with Gasteiger partial charge in [0.15, 0.2) is 0 Å². The molecule has 0 aliphatic heterocycles. The number of ether oxygens (including phenoxy) is 1. The molecule has 0 aliphatic carbocycles. The average molecular weight is 353 g/mol. The fourth-order valence-electron chi connectivity index (χ4n) is 2.50. The van der Waals surface area contributed by atoms with Crippen molar-refractivity contribution in [1.29, 1.82) is 0 Å². The predicted octanol–water partition coefficient (Wildman–Crippen LogP) is 3.11. The standard InChI is InChI=1S/C20H20FN3O2/c1-24-13-12-22-19(24)14-26-17-8-6-16(7-9-17)20(25)23-11-10-15-4-2-3-5-18(15)21/h2-9,12-13H,10-11,14H2,1H3,(H,23,25). The van der Waals surface area contributed by atoms with Crippen molar-refractivity contribution in [2.45, 2.75) is 13.0 Å². The number of halogens is 1. The third-order valence-corrected chi connectivity index (χ3v) is 4.04. The maximum atomic E-state index is 13.5. The molecule has 1 N–H and O–H groups in total. The van der Waals surface area contributed by atoms with Crippen LogP contribution in [0.5, 0.6) is 5.75 Å². The van der Waals surface area contributed by atoms with Gasteiger partial charge in [0.25, 0.3) is 5.91 Å². The molecule has 0 fully saturated rings. The fraction of sp³-hybridized carbons (Fsp3) is 0.200. The molecule has 3 rings (SSSR count). The zero-order valence-electron chi connectivity index (χ0n) is 14.5. The van der Waals surface area contributed by atoms with Gasteiger partial charge in [0.05, 0.1) is 0 Å². The highest BCUT2D eigenvalue weighted by atomic mass is 19.1. The molecule has 1 aromatic heterocycles. The third kappa shape index (κ3) is 4.47. The summed E-state index contributed by atoms with van der Waals surface area (Å²) in [5.41, 5.74) is 1.12. The lowest BCUT2D eigenvalue weighted by Crippen LogP contribution is -2.25. The highest BCUT2D eigenvalue weighted by molar-refractivity contribution is 5.94. The Morgan fingerprint density at radius 3 is 2.65 bits per heavy atom. The van der Waals surface area contributed by atoms with Crippen LogP contribution in [0.1, 0.15) is 21.7 Å². The van der Waals surface area contributed by atoms with Crippen molar-refractivity contribution in [3.8, 4) is 5.75 Å². The van der Waals surface area contributed by atoms with Gasteiger partial charge in [-0.3, -0.25) is 4.79 Å². The van der Waals surface area contributed by atoms with Crippen LogP contribution < -0.4 is 10.1 Å². The lowest BCUT2D eigenvalue weighted by molar-refractivity contribution is 0.0954. The van der Waals surface area contributed by atoms with E-state index in [2.05, 4.69) is 10.3 Å². The van der Waals surface area contributed by atoms with E-state index in [1.165, 1.54) is 6.07 Å². The number of rotatable bonds is 7. The number of imidazole rings is 1. The van der Waals surface area contributed by atoms with E-state index < -0.39 is 0 Å². The Bertz CT molecular complexity index is 875. The van der Waals surface area contributed by atoms with E-state index >= 15 is 0 Å². The highest BCUT2D eigenvalue weighted by Crippen LogP contribution is 2.14. The first-order chi connectivity index (χ1) is 12.6. The maximum absolute atomic E-state index is 13.5. The molecule has 2 aromatic carbocycles. The molecule has 0 aliphatic rings. The number of amides is 1. The number of benzene rings is 2. The summed E-state index contributed by atoms with van der Waals surface area (Å²) in [6, 6.07) is 13.5. The normalized spacial score (nSPS) is 10.5. The van der Waals surface area contributed by atoms with E-state index in [0.29, 0.717) is 36.4 Å². The number of aromatic nitrogens is 2. The number of aryl methyl sites for hydroxylation is 1. The Balaban J connectivity index is 1.49. The molecule has 0 spiro atoms. The summed E-state index contributed by atoms with van der Waals surface area (Å²) < 4.78 is 21.1. The van der Waals surface area contributed by atoms with Gasteiger partial charge in [-0.05, 0) is 42.3 Å². The van der Waals surface area contributed by atoms with Gasteiger partial charge in [-0.1, -0.05) is 18.2 Å². The second-order valence-corrected chi connectivity index (χ2v) is 5.86. The number of carbonyl (C=O) groups excluding carboxylic acids is 1. The van der Waals surface area contributed by atoms with Crippen molar-refractivity contribution in [3.05, 3.63) is 83.7 Å². The number of hydrogen-bond acceptors (Lipinski definition) is 3. The van der Waals surface area contributed by atoms with Crippen molar-refractivity contribution in [2.24, 2.45) is 7.05 Å². The first-order valence-electron chi connectivity index (χ1n) is 8.34. The van der Waals surface area contributed by atoms with Crippen molar-refractivity contribution in [3.63, 3.8) is 0 Å². The van der Waals surface area contributed by atoms with Crippen molar-refractivity contribution >= 4 is 5.91 Å². The van der Waals surface area contributed by atoms with Crippen molar-refractivity contribution in [2.75, 3.05) is 6.54 Å². The summed E-state index contributed by atoms with van der Waals surface area (Å²) in [6.07, 6.45) is 4.02. The Hall–Kier alpha value is -3.15. The molecule has 6 heteroatoms. The van der Waals surface area contributed by atoms with Gasteiger partial charge in [-0.25, -0.2) is 9.37 Å². The van der Waals surface area contributed by atoms with Gasteiger partial charge in [0.2, 0.25) is 0 Å².